The summed E-state index contributed by atoms with van der Waals surface area (Å²) in [6.45, 7) is -0.990. The fraction of sp³-hybridized carbons (Fsp3) is 1.00. The maximum atomic E-state index is 12.8. The molecule has 0 radical (unpaired) electrons. The van der Waals surface area contributed by atoms with Crippen molar-refractivity contribution in [3.63, 3.8) is 0 Å². The number of ether oxygens (including phenoxy) is 1. The summed E-state index contributed by atoms with van der Waals surface area (Å²) in [5.74, 6) is -3.23. The smallest absolute Gasteiger partial charge is 0.290 e. The van der Waals surface area contributed by atoms with Gasteiger partial charge in [0, 0.05) is 13.0 Å². The molecule has 1 unspecified atom stereocenters. The monoisotopic (exact) mass is 167 g/mol. The largest absolute Gasteiger partial charge is 0.381 e. The van der Waals surface area contributed by atoms with Gasteiger partial charge in [-0.1, -0.05) is 0 Å². The van der Waals surface area contributed by atoms with Crippen LogP contribution in [0.5, 0.6) is 0 Å². The Morgan fingerprint density at radius 1 is 1.64 bits per heavy atom. The van der Waals surface area contributed by atoms with E-state index in [4.69, 9.17) is 5.73 Å². The third kappa shape index (κ3) is 1.36. The Bertz CT molecular complexity index is 146. The number of nitrogens with two attached hydrogens (primary N) is 1. The van der Waals surface area contributed by atoms with Crippen LogP contribution in [-0.4, -0.2) is 36.4 Å². The van der Waals surface area contributed by atoms with E-state index in [0.717, 1.165) is 0 Å². The molecule has 0 aromatic heterocycles. The Labute approximate surface area is 63.1 Å². The molecule has 0 saturated carbocycles. The second-order valence-corrected chi connectivity index (χ2v) is 2.74. The predicted octanol–water partition coefficient (Wildman–Crippen LogP) is -0.268. The van der Waals surface area contributed by atoms with Gasteiger partial charge in [-0.3, -0.25) is 0 Å². The number of hydrogen-bond acceptors (Lipinski definition) is 3. The lowest BCUT2D eigenvalue weighted by Crippen LogP contribution is -2.53. The van der Waals surface area contributed by atoms with Crippen LogP contribution >= 0.6 is 0 Å². The van der Waals surface area contributed by atoms with E-state index < -0.39 is 18.1 Å². The topological polar surface area (TPSA) is 55.5 Å². The highest BCUT2D eigenvalue weighted by molar-refractivity contribution is 4.96. The van der Waals surface area contributed by atoms with Crippen molar-refractivity contribution in [3.8, 4) is 0 Å². The minimum absolute atomic E-state index is 0.0444. The summed E-state index contributed by atoms with van der Waals surface area (Å²) in [6.07, 6.45) is -0.0444. The van der Waals surface area contributed by atoms with Crippen molar-refractivity contribution in [1.82, 2.24) is 0 Å². The minimum atomic E-state index is -3.23. The molecule has 0 aromatic rings. The quantitative estimate of drug-likeness (QED) is 0.595. The standard InChI is InChI=1S/C6H11F2NO2/c7-6(8,3-9)5(10)1-2-11-4-5/h10H,1-4,9H2. The molecule has 0 aromatic carbocycles. The Hall–Kier alpha value is -0.260. The number of hydrogen-bond donors (Lipinski definition) is 2. The summed E-state index contributed by atoms with van der Waals surface area (Å²) < 4.78 is 30.2. The van der Waals surface area contributed by atoms with Crippen LogP contribution in [0.2, 0.25) is 0 Å². The third-order valence-corrected chi connectivity index (χ3v) is 1.94. The van der Waals surface area contributed by atoms with E-state index >= 15 is 0 Å². The van der Waals surface area contributed by atoms with Crippen molar-refractivity contribution in [2.75, 3.05) is 19.8 Å². The van der Waals surface area contributed by atoms with E-state index in [0.29, 0.717) is 0 Å². The summed E-state index contributed by atoms with van der Waals surface area (Å²) in [4.78, 5) is 0. The molecule has 0 amide bonds. The van der Waals surface area contributed by atoms with E-state index in [1.54, 1.807) is 0 Å². The summed E-state index contributed by atoms with van der Waals surface area (Å²) in [7, 11) is 0. The van der Waals surface area contributed by atoms with E-state index in [1.807, 2.05) is 0 Å². The molecular weight excluding hydrogens is 156 g/mol. The molecule has 3 nitrogen and oxygen atoms in total. The van der Waals surface area contributed by atoms with Crippen molar-refractivity contribution in [1.29, 1.82) is 0 Å². The first-order chi connectivity index (χ1) is 5.02. The number of halogens is 2. The van der Waals surface area contributed by atoms with Gasteiger partial charge in [0.15, 0.2) is 5.60 Å². The fourth-order valence-corrected chi connectivity index (χ4v) is 1.03. The Balaban J connectivity index is 2.69. The van der Waals surface area contributed by atoms with Gasteiger partial charge < -0.3 is 15.6 Å². The van der Waals surface area contributed by atoms with Gasteiger partial charge in [0.1, 0.15) is 0 Å². The predicted molar refractivity (Wildman–Crippen MR) is 34.4 cm³/mol. The van der Waals surface area contributed by atoms with Crippen LogP contribution in [0, 0.1) is 0 Å². The highest BCUT2D eigenvalue weighted by Crippen LogP contribution is 2.34. The van der Waals surface area contributed by atoms with Gasteiger partial charge in [0.2, 0.25) is 0 Å². The zero-order valence-electron chi connectivity index (χ0n) is 6.02. The molecule has 1 saturated heterocycles. The summed E-state index contributed by atoms with van der Waals surface area (Å²) in [5, 5.41) is 9.26. The lowest BCUT2D eigenvalue weighted by Gasteiger charge is -2.29. The zero-order chi connectivity index (χ0) is 8.54. The Morgan fingerprint density at radius 2 is 2.27 bits per heavy atom. The Kier molecular flexibility index (Phi) is 2.13. The van der Waals surface area contributed by atoms with E-state index in [-0.39, 0.29) is 19.6 Å². The van der Waals surface area contributed by atoms with Crippen molar-refractivity contribution >= 4 is 0 Å². The maximum absolute atomic E-state index is 12.8. The number of aliphatic hydroxyl groups is 1. The SMILES string of the molecule is NCC(F)(F)C1(O)CCOC1. The van der Waals surface area contributed by atoms with Crippen molar-refractivity contribution in [2.24, 2.45) is 5.73 Å². The molecule has 1 rings (SSSR count). The van der Waals surface area contributed by atoms with Crippen LogP contribution in [0.4, 0.5) is 8.78 Å². The van der Waals surface area contributed by atoms with E-state index in [2.05, 4.69) is 4.74 Å². The fourth-order valence-electron chi connectivity index (χ4n) is 1.03. The van der Waals surface area contributed by atoms with Gasteiger partial charge in [-0.05, 0) is 0 Å². The van der Waals surface area contributed by atoms with Crippen molar-refractivity contribution < 1.29 is 18.6 Å². The van der Waals surface area contributed by atoms with Gasteiger partial charge in [-0.25, -0.2) is 8.78 Å². The van der Waals surface area contributed by atoms with Gasteiger partial charge >= 0.3 is 0 Å². The van der Waals surface area contributed by atoms with Crippen LogP contribution < -0.4 is 5.73 Å². The van der Waals surface area contributed by atoms with Crippen LogP contribution in [0.25, 0.3) is 0 Å². The second kappa shape index (κ2) is 2.66. The molecule has 3 N–H and O–H groups in total. The number of rotatable bonds is 2. The highest BCUT2D eigenvalue weighted by Gasteiger charge is 2.53. The molecule has 1 atom stereocenters. The maximum Gasteiger partial charge on any atom is 0.290 e. The molecule has 0 spiro atoms. The molecule has 1 heterocycles. The second-order valence-electron chi connectivity index (χ2n) is 2.74. The highest BCUT2D eigenvalue weighted by atomic mass is 19.3. The van der Waals surface area contributed by atoms with Crippen LogP contribution in [0.1, 0.15) is 6.42 Å². The summed E-state index contributed by atoms with van der Waals surface area (Å²) in [5.41, 5.74) is 2.77. The Morgan fingerprint density at radius 3 is 2.64 bits per heavy atom. The van der Waals surface area contributed by atoms with Gasteiger partial charge in [-0.2, -0.15) is 0 Å². The average Bonchev–Trinajstić information content (AvgIpc) is 2.38. The van der Waals surface area contributed by atoms with Gasteiger partial charge in [-0.15, -0.1) is 0 Å². The van der Waals surface area contributed by atoms with Gasteiger partial charge in [0.05, 0.1) is 13.2 Å². The molecule has 5 heteroatoms. The molecule has 1 aliphatic heterocycles. The first-order valence-electron chi connectivity index (χ1n) is 3.40. The lowest BCUT2D eigenvalue weighted by atomic mass is 9.95. The molecule has 66 valence electrons. The average molecular weight is 167 g/mol. The third-order valence-electron chi connectivity index (χ3n) is 1.94. The zero-order valence-corrected chi connectivity index (χ0v) is 6.02. The van der Waals surface area contributed by atoms with Crippen LogP contribution in [0.3, 0.4) is 0 Å². The summed E-state index contributed by atoms with van der Waals surface area (Å²) in [6, 6.07) is 0. The van der Waals surface area contributed by atoms with E-state index in [1.165, 1.54) is 0 Å². The lowest BCUT2D eigenvalue weighted by molar-refractivity contribution is -0.172. The molecule has 1 fully saturated rings. The normalized spacial score (nSPS) is 32.7. The van der Waals surface area contributed by atoms with Crippen molar-refractivity contribution in [3.05, 3.63) is 0 Å². The molecule has 1 aliphatic rings. The molecule has 0 aliphatic carbocycles. The molecule has 0 bridgehead atoms. The van der Waals surface area contributed by atoms with E-state index in [9.17, 15) is 13.9 Å². The first kappa shape index (κ1) is 8.83. The van der Waals surface area contributed by atoms with Crippen LogP contribution in [-0.2, 0) is 4.74 Å². The number of alkyl halides is 2. The molecular formula is C6H11F2NO2. The first-order valence-corrected chi connectivity index (χ1v) is 3.40. The van der Waals surface area contributed by atoms with Crippen molar-refractivity contribution in [2.45, 2.75) is 17.9 Å². The van der Waals surface area contributed by atoms with Crippen LogP contribution in [0.15, 0.2) is 0 Å². The summed E-state index contributed by atoms with van der Waals surface area (Å²) >= 11 is 0. The van der Waals surface area contributed by atoms with Gasteiger partial charge in [0.25, 0.3) is 5.92 Å². The minimum Gasteiger partial charge on any atom is -0.381 e. The molecule has 11 heavy (non-hydrogen) atoms.